The van der Waals surface area contributed by atoms with Gasteiger partial charge in [0, 0.05) is 27.2 Å². The Morgan fingerprint density at radius 1 is 1.14 bits per heavy atom. The van der Waals surface area contributed by atoms with Gasteiger partial charge in [-0.2, -0.15) is 0 Å². The number of anilines is 2. The number of rotatable bonds is 3. The van der Waals surface area contributed by atoms with Crippen LogP contribution in [0.3, 0.4) is 0 Å². The van der Waals surface area contributed by atoms with E-state index in [9.17, 15) is 9.59 Å². The summed E-state index contributed by atoms with van der Waals surface area (Å²) in [6, 6.07) is 15.0. The van der Waals surface area contributed by atoms with E-state index in [0.29, 0.717) is 22.7 Å². The highest BCUT2D eigenvalue weighted by atomic mass is 79.9. The Morgan fingerprint density at radius 3 is 2.59 bits per heavy atom. The lowest BCUT2D eigenvalue weighted by molar-refractivity contribution is -0.122. The quantitative estimate of drug-likeness (QED) is 0.596. The van der Waals surface area contributed by atoms with Gasteiger partial charge in [0.05, 0.1) is 11.3 Å². The summed E-state index contributed by atoms with van der Waals surface area (Å²) in [5.74, 6) is 0.167. The van der Waals surface area contributed by atoms with Crippen molar-refractivity contribution in [1.82, 2.24) is 4.57 Å². The van der Waals surface area contributed by atoms with Crippen molar-refractivity contribution in [2.75, 3.05) is 10.6 Å². The number of amides is 2. The summed E-state index contributed by atoms with van der Waals surface area (Å²) in [7, 11) is 0. The van der Waals surface area contributed by atoms with Gasteiger partial charge in [-0.25, -0.2) is 0 Å². The number of aromatic nitrogens is 1. The van der Waals surface area contributed by atoms with E-state index in [2.05, 4.69) is 26.6 Å². The van der Waals surface area contributed by atoms with E-state index in [1.807, 2.05) is 48.7 Å². The molecule has 7 heteroatoms. The van der Waals surface area contributed by atoms with Crippen molar-refractivity contribution in [2.45, 2.75) is 26.9 Å². The second-order valence-electron chi connectivity index (χ2n) is 7.01. The minimum Gasteiger partial charge on any atom is -0.479 e. The van der Waals surface area contributed by atoms with Crippen LogP contribution in [0.15, 0.2) is 53.0 Å². The number of carbonyl (C=O) groups is 2. The van der Waals surface area contributed by atoms with E-state index < -0.39 is 6.10 Å². The zero-order valence-corrected chi connectivity index (χ0v) is 17.8. The van der Waals surface area contributed by atoms with E-state index in [1.54, 1.807) is 25.1 Å². The first-order valence-corrected chi connectivity index (χ1v) is 10.0. The smallest absolute Gasteiger partial charge is 0.265 e. The summed E-state index contributed by atoms with van der Waals surface area (Å²) < 4.78 is 8.60. The lowest BCUT2D eigenvalue weighted by Gasteiger charge is -2.23. The fourth-order valence-electron chi connectivity index (χ4n) is 3.47. The zero-order valence-electron chi connectivity index (χ0n) is 16.2. The fraction of sp³-hybridized carbons (Fsp3) is 0.182. The van der Waals surface area contributed by atoms with Gasteiger partial charge in [-0.3, -0.25) is 9.59 Å². The first kappa shape index (κ1) is 19.3. The molecular weight excluding hydrogens is 434 g/mol. The molecular formula is C22H20BrN3O3. The standard InChI is InChI=1S/C22H20BrN3O3/c1-12-10-18(13(2)26(12)17-7-4-15(23)5-8-17)22(28)24-16-6-9-20-19(11-16)25-21(27)14(3)29-20/h4-11,14H,1-3H3,(H,24,28)(H,25,27)/t14-/m0/s1. The SMILES string of the molecule is Cc1cc(C(=O)Nc2ccc3c(c2)NC(=O)[C@H](C)O3)c(C)n1-c1ccc(Br)cc1. The molecule has 6 nitrogen and oxygen atoms in total. The Hall–Kier alpha value is -3.06. The molecule has 2 amide bonds. The number of ether oxygens (including phenoxy) is 1. The van der Waals surface area contributed by atoms with Crippen molar-refractivity contribution >= 4 is 39.1 Å². The molecule has 2 N–H and O–H groups in total. The number of fused-ring (bicyclic) bond motifs is 1. The van der Waals surface area contributed by atoms with Crippen molar-refractivity contribution in [1.29, 1.82) is 0 Å². The largest absolute Gasteiger partial charge is 0.479 e. The highest BCUT2D eigenvalue weighted by molar-refractivity contribution is 9.10. The Balaban J connectivity index is 1.60. The first-order chi connectivity index (χ1) is 13.8. The Morgan fingerprint density at radius 2 is 1.86 bits per heavy atom. The van der Waals surface area contributed by atoms with Gasteiger partial charge in [-0.05, 0) is 69.3 Å². The van der Waals surface area contributed by atoms with Crippen molar-refractivity contribution in [3.63, 3.8) is 0 Å². The van der Waals surface area contributed by atoms with E-state index in [-0.39, 0.29) is 11.8 Å². The molecule has 0 aliphatic carbocycles. The number of hydrogen-bond donors (Lipinski definition) is 2. The number of aryl methyl sites for hydroxylation is 1. The summed E-state index contributed by atoms with van der Waals surface area (Å²) in [4.78, 5) is 24.7. The molecule has 29 heavy (non-hydrogen) atoms. The molecule has 0 saturated heterocycles. The second-order valence-corrected chi connectivity index (χ2v) is 7.93. The number of benzene rings is 2. The van der Waals surface area contributed by atoms with Crippen molar-refractivity contribution < 1.29 is 14.3 Å². The number of nitrogens with zero attached hydrogens (tertiary/aromatic N) is 1. The summed E-state index contributed by atoms with van der Waals surface area (Å²) in [6.45, 7) is 5.58. The molecule has 0 saturated carbocycles. The highest BCUT2D eigenvalue weighted by Gasteiger charge is 2.24. The van der Waals surface area contributed by atoms with Gasteiger partial charge in [0.15, 0.2) is 6.10 Å². The summed E-state index contributed by atoms with van der Waals surface area (Å²) >= 11 is 3.45. The lowest BCUT2D eigenvalue weighted by Crippen LogP contribution is -2.34. The van der Waals surface area contributed by atoms with E-state index >= 15 is 0 Å². The van der Waals surface area contributed by atoms with Crippen LogP contribution < -0.4 is 15.4 Å². The monoisotopic (exact) mass is 453 g/mol. The van der Waals surface area contributed by atoms with Crippen molar-refractivity contribution in [2.24, 2.45) is 0 Å². The van der Waals surface area contributed by atoms with Gasteiger partial charge in [-0.15, -0.1) is 0 Å². The predicted octanol–water partition coefficient (Wildman–Crippen LogP) is 4.83. The molecule has 148 valence electrons. The zero-order chi connectivity index (χ0) is 20.7. The van der Waals surface area contributed by atoms with E-state index in [4.69, 9.17) is 4.74 Å². The van der Waals surface area contributed by atoms with Crippen LogP contribution in [-0.2, 0) is 4.79 Å². The van der Waals surface area contributed by atoms with Crippen LogP contribution in [0.2, 0.25) is 0 Å². The molecule has 0 spiro atoms. The number of nitrogens with one attached hydrogen (secondary N) is 2. The maximum atomic E-state index is 12.9. The molecule has 1 aliphatic heterocycles. The first-order valence-electron chi connectivity index (χ1n) is 9.21. The van der Waals surface area contributed by atoms with Crippen molar-refractivity contribution in [3.8, 4) is 11.4 Å². The molecule has 0 radical (unpaired) electrons. The summed E-state index contributed by atoms with van der Waals surface area (Å²) in [5.41, 5.74) is 4.54. The molecule has 0 fully saturated rings. The van der Waals surface area contributed by atoms with Crippen molar-refractivity contribution in [3.05, 3.63) is 70.0 Å². The van der Waals surface area contributed by atoms with Gasteiger partial charge in [0.1, 0.15) is 5.75 Å². The van der Waals surface area contributed by atoms with Gasteiger partial charge in [0.2, 0.25) is 0 Å². The van der Waals surface area contributed by atoms with Gasteiger partial charge in [-0.1, -0.05) is 15.9 Å². The molecule has 4 rings (SSSR count). The number of halogens is 1. The van der Waals surface area contributed by atoms with Crippen LogP contribution in [0.1, 0.15) is 28.7 Å². The number of carbonyl (C=O) groups excluding carboxylic acids is 2. The third-order valence-corrected chi connectivity index (χ3v) is 5.46. The average molecular weight is 454 g/mol. The Kier molecular flexibility index (Phi) is 4.92. The molecule has 1 atom stereocenters. The average Bonchev–Trinajstić information content (AvgIpc) is 2.98. The number of hydrogen-bond acceptors (Lipinski definition) is 3. The molecule has 0 bridgehead atoms. The highest BCUT2D eigenvalue weighted by Crippen LogP contribution is 2.32. The second kappa shape index (κ2) is 7.40. The van der Waals surface area contributed by atoms with E-state index in [0.717, 1.165) is 21.5 Å². The van der Waals surface area contributed by atoms with E-state index in [1.165, 1.54) is 0 Å². The van der Waals surface area contributed by atoms with Gasteiger partial charge < -0.3 is 19.9 Å². The van der Waals surface area contributed by atoms with Crippen LogP contribution in [0.4, 0.5) is 11.4 Å². The van der Waals surface area contributed by atoms with Crippen LogP contribution in [0, 0.1) is 13.8 Å². The maximum absolute atomic E-state index is 12.9. The molecule has 3 aromatic rings. The third-order valence-electron chi connectivity index (χ3n) is 4.93. The van der Waals surface area contributed by atoms with Gasteiger partial charge >= 0.3 is 0 Å². The molecule has 2 heterocycles. The van der Waals surface area contributed by atoms with Crippen LogP contribution >= 0.6 is 15.9 Å². The Bertz CT molecular complexity index is 1120. The molecule has 1 aromatic heterocycles. The summed E-state index contributed by atoms with van der Waals surface area (Å²) in [5, 5.41) is 5.70. The normalized spacial score (nSPS) is 15.3. The minimum atomic E-state index is -0.535. The van der Waals surface area contributed by atoms with Crippen LogP contribution in [-0.4, -0.2) is 22.5 Å². The maximum Gasteiger partial charge on any atom is 0.265 e. The summed E-state index contributed by atoms with van der Waals surface area (Å²) in [6.07, 6.45) is -0.535. The van der Waals surface area contributed by atoms with Crippen LogP contribution in [0.5, 0.6) is 5.75 Å². The fourth-order valence-corrected chi connectivity index (χ4v) is 3.73. The Labute approximate surface area is 177 Å². The topological polar surface area (TPSA) is 72.4 Å². The van der Waals surface area contributed by atoms with Crippen LogP contribution in [0.25, 0.3) is 5.69 Å². The predicted molar refractivity (Wildman–Crippen MR) is 116 cm³/mol. The molecule has 0 unspecified atom stereocenters. The minimum absolute atomic E-state index is 0.209. The lowest BCUT2D eigenvalue weighted by atomic mass is 10.2. The molecule has 2 aromatic carbocycles. The van der Waals surface area contributed by atoms with Gasteiger partial charge in [0.25, 0.3) is 11.8 Å². The third kappa shape index (κ3) is 3.65. The molecule has 1 aliphatic rings.